The summed E-state index contributed by atoms with van der Waals surface area (Å²) >= 11 is 6.03. The highest BCUT2D eigenvalue weighted by atomic mass is 35.5. The summed E-state index contributed by atoms with van der Waals surface area (Å²) in [6.07, 6.45) is 4.22. The van der Waals surface area contributed by atoms with Gasteiger partial charge in [0.2, 0.25) is 5.91 Å². The number of nitrogens with one attached hydrogen (secondary N) is 1. The first-order chi connectivity index (χ1) is 11.9. The van der Waals surface area contributed by atoms with Gasteiger partial charge < -0.3 is 20.5 Å². The van der Waals surface area contributed by atoms with Gasteiger partial charge in [-0.3, -0.25) is 4.79 Å². The number of benzene rings is 1. The number of unbranched alkanes of at least 4 members (excludes halogenated alkanes) is 1. The Morgan fingerprint density at radius 2 is 2.04 bits per heavy atom. The third kappa shape index (κ3) is 7.45. The van der Waals surface area contributed by atoms with Crippen LogP contribution < -0.4 is 15.7 Å². The summed E-state index contributed by atoms with van der Waals surface area (Å²) in [4.78, 5) is 23.6. The zero-order valence-corrected chi connectivity index (χ0v) is 16.1. The van der Waals surface area contributed by atoms with Crippen molar-refractivity contribution in [2.45, 2.75) is 58.9 Å². The van der Waals surface area contributed by atoms with E-state index in [1.54, 1.807) is 30.4 Å². The number of anilines is 1. The lowest BCUT2D eigenvalue weighted by molar-refractivity contribution is -0.687. The number of carbonyl (C=O) groups is 2. The number of hydrogen-bond donors (Lipinski definition) is 2. The molecular formula is C19H29ClN2O3. The Morgan fingerprint density at radius 3 is 2.64 bits per heavy atom. The van der Waals surface area contributed by atoms with Gasteiger partial charge in [0.25, 0.3) is 0 Å². The van der Waals surface area contributed by atoms with Crippen LogP contribution in [-0.2, 0) is 9.59 Å². The molecule has 140 valence electrons. The molecule has 0 aliphatic rings. The number of carboxylic acid groups (broad SMARTS) is 1. The van der Waals surface area contributed by atoms with E-state index < -0.39 is 12.0 Å². The lowest BCUT2D eigenvalue weighted by Gasteiger charge is -2.20. The molecule has 0 radical (unpaired) electrons. The average Bonchev–Trinajstić information content (AvgIpc) is 2.57. The molecule has 6 heteroatoms. The lowest BCUT2D eigenvalue weighted by Crippen LogP contribution is -2.94. The molecule has 0 spiro atoms. The zero-order chi connectivity index (χ0) is 18.8. The van der Waals surface area contributed by atoms with Gasteiger partial charge in [-0.15, -0.1) is 0 Å². The molecule has 0 heterocycles. The normalized spacial score (nSPS) is 13.3. The van der Waals surface area contributed by atoms with E-state index in [9.17, 15) is 14.7 Å². The fraction of sp³-hybridized carbons (Fsp3) is 0.579. The van der Waals surface area contributed by atoms with Gasteiger partial charge in [0.05, 0.1) is 18.9 Å². The van der Waals surface area contributed by atoms with Crippen molar-refractivity contribution in [3.8, 4) is 0 Å². The molecule has 5 nitrogen and oxygen atoms in total. The van der Waals surface area contributed by atoms with Gasteiger partial charge in [-0.2, -0.15) is 0 Å². The molecular weight excluding hydrogens is 340 g/mol. The molecule has 0 saturated carbocycles. The van der Waals surface area contributed by atoms with Crippen molar-refractivity contribution in [1.29, 1.82) is 0 Å². The first-order valence-corrected chi connectivity index (χ1v) is 9.35. The number of nitrogens with two attached hydrogens (primary N) is 1. The highest BCUT2D eigenvalue weighted by Gasteiger charge is 2.20. The van der Waals surface area contributed by atoms with Crippen LogP contribution in [0, 0.1) is 12.8 Å². The predicted octanol–water partition coefficient (Wildman–Crippen LogP) is 1.88. The van der Waals surface area contributed by atoms with E-state index >= 15 is 0 Å². The first kappa shape index (κ1) is 21.5. The van der Waals surface area contributed by atoms with E-state index in [0.717, 1.165) is 31.2 Å². The van der Waals surface area contributed by atoms with Gasteiger partial charge in [0.15, 0.2) is 0 Å². The molecule has 2 atom stereocenters. The van der Waals surface area contributed by atoms with E-state index in [-0.39, 0.29) is 12.3 Å². The number of amides is 1. The summed E-state index contributed by atoms with van der Waals surface area (Å²) < 4.78 is 0. The highest BCUT2D eigenvalue weighted by Crippen LogP contribution is 2.23. The Labute approximate surface area is 155 Å². The summed E-state index contributed by atoms with van der Waals surface area (Å²) in [6, 6.07) is 4.35. The van der Waals surface area contributed by atoms with Crippen LogP contribution in [0.2, 0.25) is 5.02 Å². The molecule has 0 aliphatic heterocycles. The highest BCUT2D eigenvalue weighted by molar-refractivity contribution is 6.31. The minimum absolute atomic E-state index is 0.126. The number of quaternary nitrogens is 1. The Hall–Kier alpha value is -1.59. The minimum atomic E-state index is -1.21. The van der Waals surface area contributed by atoms with Crippen molar-refractivity contribution in [3.05, 3.63) is 28.8 Å². The van der Waals surface area contributed by atoms with E-state index in [2.05, 4.69) is 19.2 Å². The maximum absolute atomic E-state index is 12.2. The van der Waals surface area contributed by atoms with Crippen molar-refractivity contribution in [3.63, 3.8) is 0 Å². The number of rotatable bonds is 11. The monoisotopic (exact) mass is 368 g/mol. The molecule has 1 rings (SSSR count). The molecule has 0 fully saturated rings. The lowest BCUT2D eigenvalue weighted by atomic mass is 9.99. The molecule has 1 amide bonds. The number of aliphatic carboxylic acids is 1. The van der Waals surface area contributed by atoms with Crippen LogP contribution in [0.5, 0.6) is 0 Å². The van der Waals surface area contributed by atoms with Crippen LogP contribution in [0.25, 0.3) is 0 Å². The second-order valence-electron chi connectivity index (χ2n) is 6.48. The van der Waals surface area contributed by atoms with Crippen molar-refractivity contribution in [1.82, 2.24) is 0 Å². The Balaban J connectivity index is 2.60. The summed E-state index contributed by atoms with van der Waals surface area (Å²) in [7, 11) is 0. The number of carbonyl (C=O) groups excluding carboxylic acids is 2. The zero-order valence-electron chi connectivity index (χ0n) is 15.3. The molecule has 0 aromatic heterocycles. The standard InChI is InChI=1S/C19H29ClN2O3/c1-4-6-8-14(5-2)12-21-17(19(24)25)11-18(23)22-16-10-7-9-15(20)13(16)3/h7,9-10,14,17,21H,4-6,8,11-12H2,1-3H3,(H,22,23)(H,24,25)/t14-,17-/m1/s1. The SMILES string of the molecule is CCCC[C@@H](CC)C[NH2+][C@H](CC(=O)Nc1cccc(Cl)c1C)C(=O)[O-]. The third-order valence-electron chi connectivity index (χ3n) is 4.55. The van der Waals surface area contributed by atoms with E-state index in [0.29, 0.717) is 23.2 Å². The predicted molar refractivity (Wildman–Crippen MR) is 98.3 cm³/mol. The second kappa shape index (κ2) is 11.1. The summed E-state index contributed by atoms with van der Waals surface area (Å²) in [5.41, 5.74) is 1.36. The largest absolute Gasteiger partial charge is 0.544 e. The summed E-state index contributed by atoms with van der Waals surface area (Å²) in [5.74, 6) is -1.10. The Kier molecular flexibility index (Phi) is 9.53. The molecule has 3 N–H and O–H groups in total. The van der Waals surface area contributed by atoms with Crippen molar-refractivity contribution in [2.24, 2.45) is 5.92 Å². The molecule has 0 aliphatic carbocycles. The topological polar surface area (TPSA) is 85.8 Å². The average molecular weight is 369 g/mol. The van der Waals surface area contributed by atoms with Crippen LogP contribution in [0.3, 0.4) is 0 Å². The Morgan fingerprint density at radius 1 is 1.32 bits per heavy atom. The summed E-state index contributed by atoms with van der Waals surface area (Å²) in [5, 5.41) is 16.4. The van der Waals surface area contributed by atoms with Crippen molar-refractivity contribution in [2.75, 3.05) is 11.9 Å². The van der Waals surface area contributed by atoms with Gasteiger partial charge in [-0.1, -0.05) is 44.4 Å². The molecule has 25 heavy (non-hydrogen) atoms. The molecule has 0 saturated heterocycles. The van der Waals surface area contributed by atoms with Crippen LogP contribution >= 0.6 is 11.6 Å². The summed E-state index contributed by atoms with van der Waals surface area (Å²) in [6.45, 7) is 6.75. The smallest absolute Gasteiger partial charge is 0.230 e. The van der Waals surface area contributed by atoms with Crippen LogP contribution in [0.1, 0.15) is 51.5 Å². The van der Waals surface area contributed by atoms with Crippen molar-refractivity contribution >= 4 is 29.2 Å². The number of hydrogen-bond acceptors (Lipinski definition) is 3. The minimum Gasteiger partial charge on any atom is -0.544 e. The number of halogens is 1. The van der Waals surface area contributed by atoms with E-state index in [1.807, 2.05) is 0 Å². The quantitative estimate of drug-likeness (QED) is 0.625. The van der Waals surface area contributed by atoms with E-state index in [1.165, 1.54) is 0 Å². The van der Waals surface area contributed by atoms with Gasteiger partial charge in [-0.25, -0.2) is 0 Å². The third-order valence-corrected chi connectivity index (χ3v) is 4.96. The Bertz CT molecular complexity index is 578. The maximum Gasteiger partial charge on any atom is 0.230 e. The molecule has 1 aromatic carbocycles. The van der Waals surface area contributed by atoms with Crippen LogP contribution in [0.4, 0.5) is 5.69 Å². The second-order valence-corrected chi connectivity index (χ2v) is 6.89. The fourth-order valence-corrected chi connectivity index (χ4v) is 2.92. The molecule has 0 bridgehead atoms. The van der Waals surface area contributed by atoms with Crippen molar-refractivity contribution < 1.29 is 20.0 Å². The van der Waals surface area contributed by atoms with Crippen LogP contribution in [0.15, 0.2) is 18.2 Å². The van der Waals surface area contributed by atoms with Crippen LogP contribution in [-0.4, -0.2) is 24.5 Å². The van der Waals surface area contributed by atoms with E-state index in [4.69, 9.17) is 11.6 Å². The van der Waals surface area contributed by atoms with Gasteiger partial charge in [-0.05, 0) is 37.5 Å². The van der Waals surface area contributed by atoms with Gasteiger partial charge in [0.1, 0.15) is 6.04 Å². The number of carboxylic acids is 1. The molecule has 0 unspecified atom stereocenters. The first-order valence-electron chi connectivity index (χ1n) is 8.98. The maximum atomic E-state index is 12.2. The fourth-order valence-electron chi connectivity index (χ4n) is 2.74. The van der Waals surface area contributed by atoms with Gasteiger partial charge in [0, 0.05) is 16.6 Å². The van der Waals surface area contributed by atoms with Gasteiger partial charge >= 0.3 is 0 Å². The molecule has 1 aromatic rings.